The number of ketones is 1. The van der Waals surface area contributed by atoms with Crippen molar-refractivity contribution in [1.82, 2.24) is 10.2 Å². The second-order valence-electron chi connectivity index (χ2n) is 6.10. The second kappa shape index (κ2) is 7.95. The molecule has 122 valence electrons. The number of Topliss-reactive ketones (excluding diaryl/α,β-unsaturated/α-hetero) is 1. The van der Waals surface area contributed by atoms with E-state index in [1.165, 1.54) is 25.9 Å². The fraction of sp³-hybridized carbons (Fsp3) is 0.588. The van der Waals surface area contributed by atoms with Gasteiger partial charge in [0.15, 0.2) is 5.78 Å². The molecule has 2 aliphatic heterocycles. The molecule has 22 heavy (non-hydrogen) atoms. The third kappa shape index (κ3) is 4.00. The Hall–Kier alpha value is -1.10. The molecule has 5 heteroatoms. The van der Waals surface area contributed by atoms with E-state index in [2.05, 4.69) is 10.2 Å². The van der Waals surface area contributed by atoms with Crippen molar-refractivity contribution < 1.29 is 9.53 Å². The number of ether oxygens (including phenoxy) is 1. The number of nitrogens with zero attached hydrogens (tertiary/aromatic N) is 1. The maximum Gasteiger partial charge on any atom is 0.163 e. The largest absolute Gasteiger partial charge is 0.491 e. The van der Waals surface area contributed by atoms with E-state index >= 15 is 0 Å². The van der Waals surface area contributed by atoms with E-state index in [4.69, 9.17) is 4.74 Å². The van der Waals surface area contributed by atoms with Crippen LogP contribution in [0.15, 0.2) is 24.3 Å². The highest BCUT2D eigenvalue weighted by Gasteiger charge is 2.32. The number of rotatable bonds is 5. The summed E-state index contributed by atoms with van der Waals surface area (Å²) in [6.45, 7) is 6.66. The van der Waals surface area contributed by atoms with Crippen molar-refractivity contribution in [3.8, 4) is 5.75 Å². The van der Waals surface area contributed by atoms with Crippen LogP contribution in [0.3, 0.4) is 0 Å². The molecule has 0 radical (unpaired) electrons. The lowest BCUT2D eigenvalue weighted by Crippen LogP contribution is -2.45. The maximum absolute atomic E-state index is 11.6. The van der Waals surface area contributed by atoms with Gasteiger partial charge < -0.3 is 10.1 Å². The average molecular weight is 325 g/mol. The number of hydrogen-bond donors (Lipinski definition) is 1. The van der Waals surface area contributed by atoms with E-state index in [0.717, 1.165) is 25.0 Å². The smallest absolute Gasteiger partial charge is 0.163 e. The molecule has 2 aliphatic rings. The highest BCUT2D eigenvalue weighted by molar-refractivity contribution is 5.96. The van der Waals surface area contributed by atoms with Gasteiger partial charge in [0.25, 0.3) is 0 Å². The molecule has 2 saturated heterocycles. The zero-order valence-electron chi connectivity index (χ0n) is 13.1. The van der Waals surface area contributed by atoms with Crippen molar-refractivity contribution in [2.45, 2.75) is 25.8 Å². The Balaban J connectivity index is 0.00000176. The molecule has 2 fully saturated rings. The molecule has 0 spiro atoms. The van der Waals surface area contributed by atoms with E-state index in [0.29, 0.717) is 17.9 Å². The Bertz CT molecular complexity index is 509. The Morgan fingerprint density at radius 2 is 2.18 bits per heavy atom. The molecular weight excluding hydrogens is 300 g/mol. The zero-order valence-corrected chi connectivity index (χ0v) is 13.9. The fourth-order valence-corrected chi connectivity index (χ4v) is 3.49. The minimum absolute atomic E-state index is 0. The fourth-order valence-electron chi connectivity index (χ4n) is 3.49. The summed E-state index contributed by atoms with van der Waals surface area (Å²) in [4.78, 5) is 14.0. The van der Waals surface area contributed by atoms with Gasteiger partial charge in [-0.15, -0.1) is 12.4 Å². The van der Waals surface area contributed by atoms with Crippen LogP contribution >= 0.6 is 12.4 Å². The van der Waals surface area contributed by atoms with Crippen molar-refractivity contribution in [2.24, 2.45) is 5.92 Å². The summed E-state index contributed by atoms with van der Waals surface area (Å²) >= 11 is 0. The number of halogens is 1. The number of benzene rings is 1. The predicted octanol–water partition coefficient (Wildman–Crippen LogP) is 2.37. The quantitative estimate of drug-likeness (QED) is 0.844. The molecule has 2 atom stereocenters. The highest BCUT2D eigenvalue weighted by Crippen LogP contribution is 2.24. The number of para-hydroxylation sites is 1. The Kier molecular flexibility index (Phi) is 6.24. The van der Waals surface area contributed by atoms with Crippen molar-refractivity contribution >= 4 is 18.2 Å². The van der Waals surface area contributed by atoms with E-state index in [1.54, 1.807) is 6.92 Å². The van der Waals surface area contributed by atoms with Gasteiger partial charge in [-0.1, -0.05) is 12.1 Å². The number of carbonyl (C=O) groups is 1. The van der Waals surface area contributed by atoms with Crippen LogP contribution in [-0.2, 0) is 0 Å². The molecule has 0 aromatic heterocycles. The number of hydrogen-bond acceptors (Lipinski definition) is 4. The molecule has 0 amide bonds. The lowest BCUT2D eigenvalue weighted by Gasteiger charge is -2.34. The predicted molar refractivity (Wildman–Crippen MR) is 90.1 cm³/mol. The molecule has 0 aliphatic carbocycles. The van der Waals surface area contributed by atoms with Crippen LogP contribution in [0.2, 0.25) is 0 Å². The molecule has 4 nitrogen and oxygen atoms in total. The number of nitrogens with one attached hydrogen (secondary N) is 1. The minimum atomic E-state index is 0. The standard InChI is InChI=1S/C17H24N2O2.ClH/c1-13(20)15-4-2-3-5-17(15)21-11-10-19-9-7-16-14(12-19)6-8-18-16;/h2-5,14,16,18H,6-12H2,1H3;1H. The van der Waals surface area contributed by atoms with Gasteiger partial charge in [0, 0.05) is 19.1 Å². The average Bonchev–Trinajstić information content (AvgIpc) is 2.95. The van der Waals surface area contributed by atoms with E-state index in [1.807, 2.05) is 24.3 Å². The third-order valence-corrected chi connectivity index (χ3v) is 4.67. The van der Waals surface area contributed by atoms with Gasteiger partial charge in [-0.25, -0.2) is 0 Å². The summed E-state index contributed by atoms with van der Waals surface area (Å²) in [6, 6.07) is 8.23. The first kappa shape index (κ1) is 17.3. The Morgan fingerprint density at radius 1 is 1.36 bits per heavy atom. The molecular formula is C17H25ClN2O2. The molecule has 3 rings (SSSR count). The van der Waals surface area contributed by atoms with Crippen LogP contribution < -0.4 is 10.1 Å². The minimum Gasteiger partial charge on any atom is -0.491 e. The lowest BCUT2D eigenvalue weighted by molar-refractivity contribution is 0.101. The van der Waals surface area contributed by atoms with Crippen LogP contribution in [0.5, 0.6) is 5.75 Å². The van der Waals surface area contributed by atoms with Crippen molar-refractivity contribution in [2.75, 3.05) is 32.8 Å². The third-order valence-electron chi connectivity index (χ3n) is 4.67. The monoisotopic (exact) mass is 324 g/mol. The normalized spacial score (nSPS) is 24.4. The number of carbonyl (C=O) groups excluding carboxylic acids is 1. The Labute approximate surface area is 138 Å². The van der Waals surface area contributed by atoms with Crippen molar-refractivity contribution in [3.05, 3.63) is 29.8 Å². The summed E-state index contributed by atoms with van der Waals surface area (Å²) in [5.74, 6) is 1.58. The Morgan fingerprint density at radius 3 is 3.00 bits per heavy atom. The lowest BCUT2D eigenvalue weighted by atomic mass is 9.93. The molecule has 2 unspecified atom stereocenters. The number of piperidine rings is 1. The van der Waals surface area contributed by atoms with Crippen LogP contribution in [0.4, 0.5) is 0 Å². The summed E-state index contributed by atoms with van der Waals surface area (Å²) in [5.41, 5.74) is 0.677. The van der Waals surface area contributed by atoms with Gasteiger partial charge in [0.05, 0.1) is 5.56 Å². The van der Waals surface area contributed by atoms with Gasteiger partial charge >= 0.3 is 0 Å². The molecule has 2 heterocycles. The molecule has 1 aromatic rings. The summed E-state index contributed by atoms with van der Waals surface area (Å²) < 4.78 is 5.83. The molecule has 1 N–H and O–H groups in total. The van der Waals surface area contributed by atoms with Crippen LogP contribution in [-0.4, -0.2) is 49.5 Å². The number of fused-ring (bicyclic) bond motifs is 1. The summed E-state index contributed by atoms with van der Waals surface area (Å²) in [6.07, 6.45) is 2.55. The van der Waals surface area contributed by atoms with Gasteiger partial charge in [-0.2, -0.15) is 0 Å². The number of likely N-dealkylation sites (tertiary alicyclic amines) is 1. The first-order chi connectivity index (χ1) is 10.2. The van der Waals surface area contributed by atoms with Crippen LogP contribution in [0, 0.1) is 5.92 Å². The van der Waals surface area contributed by atoms with E-state index in [-0.39, 0.29) is 18.2 Å². The molecule has 0 saturated carbocycles. The second-order valence-corrected chi connectivity index (χ2v) is 6.10. The van der Waals surface area contributed by atoms with Gasteiger partial charge in [-0.3, -0.25) is 9.69 Å². The first-order valence-electron chi connectivity index (χ1n) is 7.92. The molecule has 0 bridgehead atoms. The highest BCUT2D eigenvalue weighted by atomic mass is 35.5. The van der Waals surface area contributed by atoms with Crippen LogP contribution in [0.25, 0.3) is 0 Å². The first-order valence-corrected chi connectivity index (χ1v) is 7.92. The van der Waals surface area contributed by atoms with Crippen molar-refractivity contribution in [3.63, 3.8) is 0 Å². The SMILES string of the molecule is CC(=O)c1ccccc1OCCN1CCC2NCCC2C1.Cl. The van der Waals surface area contributed by atoms with E-state index in [9.17, 15) is 4.79 Å². The van der Waals surface area contributed by atoms with Gasteiger partial charge in [0.1, 0.15) is 12.4 Å². The summed E-state index contributed by atoms with van der Waals surface area (Å²) in [5, 5.41) is 3.59. The van der Waals surface area contributed by atoms with E-state index < -0.39 is 0 Å². The summed E-state index contributed by atoms with van der Waals surface area (Å²) in [7, 11) is 0. The topological polar surface area (TPSA) is 41.6 Å². The zero-order chi connectivity index (χ0) is 14.7. The van der Waals surface area contributed by atoms with Crippen LogP contribution in [0.1, 0.15) is 30.1 Å². The van der Waals surface area contributed by atoms with Gasteiger partial charge in [0.2, 0.25) is 0 Å². The van der Waals surface area contributed by atoms with Gasteiger partial charge in [-0.05, 0) is 50.9 Å². The van der Waals surface area contributed by atoms with Crippen molar-refractivity contribution in [1.29, 1.82) is 0 Å². The molecule has 1 aromatic carbocycles. The maximum atomic E-state index is 11.6.